The molecule has 3 nitrogen and oxygen atoms in total. The predicted molar refractivity (Wildman–Crippen MR) is 69.0 cm³/mol. The molecular formula is C14H15FN2O. The van der Waals surface area contributed by atoms with Crippen LogP contribution in [-0.2, 0) is 0 Å². The van der Waals surface area contributed by atoms with Gasteiger partial charge < -0.3 is 5.32 Å². The van der Waals surface area contributed by atoms with Gasteiger partial charge in [0.15, 0.2) is 0 Å². The van der Waals surface area contributed by atoms with E-state index in [9.17, 15) is 9.18 Å². The third-order valence-electron chi connectivity index (χ3n) is 2.63. The van der Waals surface area contributed by atoms with Crippen LogP contribution in [0.2, 0.25) is 0 Å². The maximum absolute atomic E-state index is 13.1. The molecule has 1 amide bonds. The molecule has 1 heterocycles. The summed E-state index contributed by atoms with van der Waals surface area (Å²) in [4.78, 5) is 16.2. The van der Waals surface area contributed by atoms with Gasteiger partial charge in [0.05, 0.1) is 16.8 Å². The summed E-state index contributed by atoms with van der Waals surface area (Å²) in [6.45, 7) is 5.55. The van der Waals surface area contributed by atoms with Crippen molar-refractivity contribution in [1.82, 2.24) is 10.3 Å². The molecule has 0 fully saturated rings. The second-order valence-electron chi connectivity index (χ2n) is 4.59. The molecule has 0 aliphatic carbocycles. The third kappa shape index (κ3) is 2.47. The smallest absolute Gasteiger partial charge is 0.253 e. The Kier molecular flexibility index (Phi) is 3.28. The van der Waals surface area contributed by atoms with Crippen LogP contribution in [0.5, 0.6) is 0 Å². The number of hydrogen-bond acceptors (Lipinski definition) is 2. The SMILES string of the molecule is Cc1nc2cc(F)ccc2cc1C(=O)NC(C)C. The molecule has 94 valence electrons. The van der Waals surface area contributed by atoms with Crippen LogP contribution in [0.15, 0.2) is 24.3 Å². The molecule has 0 aliphatic heterocycles. The molecule has 1 N–H and O–H groups in total. The molecule has 2 rings (SSSR count). The van der Waals surface area contributed by atoms with Crippen LogP contribution in [0.4, 0.5) is 4.39 Å². The first-order chi connectivity index (χ1) is 8.47. The number of rotatable bonds is 2. The zero-order valence-corrected chi connectivity index (χ0v) is 10.6. The lowest BCUT2D eigenvalue weighted by molar-refractivity contribution is 0.0942. The Labute approximate surface area is 105 Å². The normalized spacial score (nSPS) is 10.9. The van der Waals surface area contributed by atoms with E-state index in [1.165, 1.54) is 12.1 Å². The van der Waals surface area contributed by atoms with Gasteiger partial charge in [-0.25, -0.2) is 4.39 Å². The maximum Gasteiger partial charge on any atom is 0.253 e. The van der Waals surface area contributed by atoms with Crippen molar-refractivity contribution in [3.63, 3.8) is 0 Å². The van der Waals surface area contributed by atoms with Crippen molar-refractivity contribution < 1.29 is 9.18 Å². The average molecular weight is 246 g/mol. The highest BCUT2D eigenvalue weighted by Gasteiger charge is 2.12. The van der Waals surface area contributed by atoms with E-state index < -0.39 is 0 Å². The summed E-state index contributed by atoms with van der Waals surface area (Å²) in [6, 6.07) is 6.18. The first kappa shape index (κ1) is 12.5. The fraction of sp³-hybridized carbons (Fsp3) is 0.286. The Hall–Kier alpha value is -1.97. The van der Waals surface area contributed by atoms with Gasteiger partial charge >= 0.3 is 0 Å². The van der Waals surface area contributed by atoms with E-state index in [0.29, 0.717) is 16.8 Å². The van der Waals surface area contributed by atoms with E-state index in [4.69, 9.17) is 0 Å². The second-order valence-corrected chi connectivity index (χ2v) is 4.59. The monoisotopic (exact) mass is 246 g/mol. The van der Waals surface area contributed by atoms with Crippen molar-refractivity contribution in [2.45, 2.75) is 26.8 Å². The highest BCUT2D eigenvalue weighted by molar-refractivity contribution is 5.98. The van der Waals surface area contributed by atoms with Gasteiger partial charge in [-0.2, -0.15) is 0 Å². The van der Waals surface area contributed by atoms with Gasteiger partial charge in [-0.15, -0.1) is 0 Å². The minimum absolute atomic E-state index is 0.0702. The summed E-state index contributed by atoms with van der Waals surface area (Å²) in [6.07, 6.45) is 0. The highest BCUT2D eigenvalue weighted by Crippen LogP contribution is 2.17. The van der Waals surface area contributed by atoms with E-state index in [-0.39, 0.29) is 17.8 Å². The van der Waals surface area contributed by atoms with Crippen molar-refractivity contribution in [3.8, 4) is 0 Å². The Bertz CT molecular complexity index is 608. The molecule has 0 unspecified atom stereocenters. The number of fused-ring (bicyclic) bond motifs is 1. The summed E-state index contributed by atoms with van der Waals surface area (Å²) >= 11 is 0. The number of nitrogens with one attached hydrogen (secondary N) is 1. The summed E-state index contributed by atoms with van der Waals surface area (Å²) in [5, 5.41) is 3.58. The number of hydrogen-bond donors (Lipinski definition) is 1. The van der Waals surface area contributed by atoms with Gasteiger partial charge in [0.1, 0.15) is 5.82 Å². The van der Waals surface area contributed by atoms with E-state index in [2.05, 4.69) is 10.3 Å². The molecule has 2 aromatic rings. The Morgan fingerprint density at radius 1 is 1.33 bits per heavy atom. The molecule has 4 heteroatoms. The summed E-state index contributed by atoms with van der Waals surface area (Å²) in [7, 11) is 0. The Balaban J connectivity index is 2.49. The molecule has 0 radical (unpaired) electrons. The van der Waals surface area contributed by atoms with Crippen LogP contribution in [0.25, 0.3) is 10.9 Å². The van der Waals surface area contributed by atoms with E-state index >= 15 is 0 Å². The first-order valence-corrected chi connectivity index (χ1v) is 5.85. The van der Waals surface area contributed by atoms with Crippen LogP contribution in [0, 0.1) is 12.7 Å². The van der Waals surface area contributed by atoms with Crippen molar-refractivity contribution in [2.24, 2.45) is 0 Å². The maximum atomic E-state index is 13.1. The van der Waals surface area contributed by atoms with Crippen LogP contribution in [-0.4, -0.2) is 16.9 Å². The van der Waals surface area contributed by atoms with Crippen molar-refractivity contribution in [1.29, 1.82) is 0 Å². The molecule has 0 atom stereocenters. The van der Waals surface area contributed by atoms with Gasteiger partial charge in [0.2, 0.25) is 0 Å². The predicted octanol–water partition coefficient (Wildman–Crippen LogP) is 2.82. The molecule has 0 saturated carbocycles. The third-order valence-corrected chi connectivity index (χ3v) is 2.63. The first-order valence-electron chi connectivity index (χ1n) is 5.85. The van der Waals surface area contributed by atoms with Gasteiger partial charge in [0, 0.05) is 17.5 Å². The zero-order valence-electron chi connectivity index (χ0n) is 10.6. The van der Waals surface area contributed by atoms with Gasteiger partial charge in [0.25, 0.3) is 5.91 Å². The Morgan fingerprint density at radius 3 is 2.72 bits per heavy atom. The van der Waals surface area contributed by atoms with Gasteiger partial charge in [-0.05, 0) is 39.0 Å². The standard InChI is InChI=1S/C14H15FN2O/c1-8(2)16-14(18)12-6-10-4-5-11(15)7-13(10)17-9(12)3/h4-8H,1-3H3,(H,16,18). The molecule has 0 saturated heterocycles. The lowest BCUT2D eigenvalue weighted by atomic mass is 10.1. The van der Waals surface area contributed by atoms with Crippen LogP contribution in [0.3, 0.4) is 0 Å². The molecule has 0 bridgehead atoms. The molecule has 0 spiro atoms. The molecule has 0 aliphatic rings. The number of carbonyl (C=O) groups is 1. The lowest BCUT2D eigenvalue weighted by Crippen LogP contribution is -2.30. The summed E-state index contributed by atoms with van der Waals surface area (Å²) in [5.74, 6) is -0.477. The number of amides is 1. The molecule has 1 aromatic heterocycles. The van der Waals surface area contributed by atoms with Crippen molar-refractivity contribution >= 4 is 16.8 Å². The fourth-order valence-electron chi connectivity index (χ4n) is 1.81. The largest absolute Gasteiger partial charge is 0.350 e. The molecule has 18 heavy (non-hydrogen) atoms. The number of benzene rings is 1. The van der Waals surface area contributed by atoms with Crippen LogP contribution < -0.4 is 5.32 Å². The quantitative estimate of drug-likeness (QED) is 0.885. The van der Waals surface area contributed by atoms with Crippen LogP contribution in [0.1, 0.15) is 29.9 Å². The number of nitrogens with zero attached hydrogens (tertiary/aromatic N) is 1. The number of aromatic nitrogens is 1. The zero-order chi connectivity index (χ0) is 13.3. The van der Waals surface area contributed by atoms with E-state index in [1.54, 1.807) is 19.1 Å². The minimum Gasteiger partial charge on any atom is -0.350 e. The number of aryl methyl sites for hydroxylation is 1. The van der Waals surface area contributed by atoms with Crippen LogP contribution >= 0.6 is 0 Å². The van der Waals surface area contributed by atoms with Gasteiger partial charge in [-0.3, -0.25) is 9.78 Å². The van der Waals surface area contributed by atoms with Crippen molar-refractivity contribution in [3.05, 3.63) is 41.3 Å². The number of halogens is 1. The van der Waals surface area contributed by atoms with E-state index in [1.807, 2.05) is 13.8 Å². The highest BCUT2D eigenvalue weighted by atomic mass is 19.1. The molecule has 1 aromatic carbocycles. The topological polar surface area (TPSA) is 42.0 Å². The van der Waals surface area contributed by atoms with Gasteiger partial charge in [-0.1, -0.05) is 0 Å². The molecular weight excluding hydrogens is 231 g/mol. The average Bonchev–Trinajstić information content (AvgIpc) is 2.26. The summed E-state index contributed by atoms with van der Waals surface area (Å²) < 4.78 is 13.1. The van der Waals surface area contributed by atoms with Crippen molar-refractivity contribution in [2.75, 3.05) is 0 Å². The minimum atomic E-state index is -0.325. The second kappa shape index (κ2) is 4.72. The number of carbonyl (C=O) groups excluding carboxylic acids is 1. The lowest BCUT2D eigenvalue weighted by Gasteiger charge is -2.11. The fourth-order valence-corrected chi connectivity index (χ4v) is 1.81. The summed E-state index contributed by atoms with van der Waals surface area (Å²) in [5.41, 5.74) is 1.70. The number of pyridine rings is 1. The Morgan fingerprint density at radius 2 is 2.06 bits per heavy atom. The van der Waals surface area contributed by atoms with E-state index in [0.717, 1.165) is 5.39 Å².